The SMILES string of the molecule is CC(C)C(C)NC(=O)c1cc[n+]([O-])cc1. The van der Waals surface area contributed by atoms with Crippen molar-refractivity contribution in [3.05, 3.63) is 35.3 Å². The average molecular weight is 208 g/mol. The second kappa shape index (κ2) is 4.77. The maximum absolute atomic E-state index is 11.6. The number of nitrogens with one attached hydrogen (secondary N) is 1. The van der Waals surface area contributed by atoms with Crippen molar-refractivity contribution in [1.29, 1.82) is 0 Å². The summed E-state index contributed by atoms with van der Waals surface area (Å²) in [5.41, 5.74) is 0.509. The van der Waals surface area contributed by atoms with E-state index in [1.54, 1.807) is 0 Å². The Morgan fingerprint density at radius 2 is 1.87 bits per heavy atom. The topological polar surface area (TPSA) is 56.0 Å². The van der Waals surface area contributed by atoms with Gasteiger partial charge >= 0.3 is 0 Å². The second-order valence-corrected chi connectivity index (χ2v) is 3.95. The first-order chi connectivity index (χ1) is 7.00. The van der Waals surface area contributed by atoms with Gasteiger partial charge < -0.3 is 10.5 Å². The smallest absolute Gasteiger partial charge is 0.251 e. The van der Waals surface area contributed by atoms with E-state index in [2.05, 4.69) is 5.32 Å². The fraction of sp³-hybridized carbons (Fsp3) is 0.455. The summed E-state index contributed by atoms with van der Waals surface area (Å²) in [4.78, 5) is 11.6. The molecule has 1 aromatic rings. The van der Waals surface area contributed by atoms with Gasteiger partial charge in [0.2, 0.25) is 0 Å². The van der Waals surface area contributed by atoms with E-state index in [0.717, 1.165) is 0 Å². The summed E-state index contributed by atoms with van der Waals surface area (Å²) in [7, 11) is 0. The first-order valence-electron chi connectivity index (χ1n) is 5.00. The molecule has 0 aromatic carbocycles. The molecule has 0 spiro atoms. The van der Waals surface area contributed by atoms with Crippen LogP contribution in [0.25, 0.3) is 0 Å². The third-order valence-corrected chi connectivity index (χ3v) is 2.42. The van der Waals surface area contributed by atoms with Crippen molar-refractivity contribution < 1.29 is 9.52 Å². The van der Waals surface area contributed by atoms with Crippen molar-refractivity contribution in [3.63, 3.8) is 0 Å². The lowest BCUT2D eigenvalue weighted by molar-refractivity contribution is -0.605. The zero-order valence-electron chi connectivity index (χ0n) is 9.23. The van der Waals surface area contributed by atoms with Crippen molar-refractivity contribution in [2.75, 3.05) is 0 Å². The lowest BCUT2D eigenvalue weighted by Gasteiger charge is -2.17. The van der Waals surface area contributed by atoms with Crippen LogP contribution in [0.3, 0.4) is 0 Å². The van der Waals surface area contributed by atoms with E-state index in [-0.39, 0.29) is 11.9 Å². The number of pyridine rings is 1. The molecule has 82 valence electrons. The second-order valence-electron chi connectivity index (χ2n) is 3.95. The summed E-state index contributed by atoms with van der Waals surface area (Å²) in [6, 6.07) is 3.14. The Morgan fingerprint density at radius 3 is 2.33 bits per heavy atom. The van der Waals surface area contributed by atoms with Crippen LogP contribution in [0.1, 0.15) is 31.1 Å². The third-order valence-electron chi connectivity index (χ3n) is 2.42. The number of rotatable bonds is 3. The van der Waals surface area contributed by atoms with Crippen LogP contribution >= 0.6 is 0 Å². The number of amides is 1. The molecule has 0 aliphatic heterocycles. The fourth-order valence-corrected chi connectivity index (χ4v) is 1.02. The molecule has 4 heteroatoms. The Kier molecular flexibility index (Phi) is 3.66. The molecule has 1 aromatic heterocycles. The van der Waals surface area contributed by atoms with Crippen molar-refractivity contribution in [2.24, 2.45) is 5.92 Å². The fourth-order valence-electron chi connectivity index (χ4n) is 1.02. The Morgan fingerprint density at radius 1 is 1.33 bits per heavy atom. The van der Waals surface area contributed by atoms with E-state index < -0.39 is 0 Å². The molecule has 1 amide bonds. The molecule has 0 bridgehead atoms. The van der Waals surface area contributed by atoms with Gasteiger partial charge in [0.25, 0.3) is 5.91 Å². The van der Waals surface area contributed by atoms with Crippen molar-refractivity contribution in [1.82, 2.24) is 5.32 Å². The van der Waals surface area contributed by atoms with Crippen molar-refractivity contribution in [3.8, 4) is 0 Å². The molecule has 0 aliphatic carbocycles. The summed E-state index contributed by atoms with van der Waals surface area (Å²) in [5, 5.41) is 13.6. The van der Waals surface area contributed by atoms with Gasteiger partial charge in [-0.15, -0.1) is 0 Å². The third kappa shape index (κ3) is 3.23. The maximum Gasteiger partial charge on any atom is 0.251 e. The van der Waals surface area contributed by atoms with Crippen LogP contribution in [-0.2, 0) is 0 Å². The molecular weight excluding hydrogens is 192 g/mol. The predicted octanol–water partition coefficient (Wildman–Crippen LogP) is 1.09. The minimum Gasteiger partial charge on any atom is -0.619 e. The molecular formula is C11H16N2O2. The summed E-state index contributed by atoms with van der Waals surface area (Å²) >= 11 is 0. The normalized spacial score (nSPS) is 12.5. The van der Waals surface area contributed by atoms with Crippen LogP contribution in [0.5, 0.6) is 0 Å². The van der Waals surface area contributed by atoms with Gasteiger partial charge in [0.15, 0.2) is 12.4 Å². The number of carbonyl (C=O) groups excluding carboxylic acids is 1. The minimum absolute atomic E-state index is 0.122. The molecule has 0 aliphatic rings. The molecule has 0 saturated carbocycles. The van der Waals surface area contributed by atoms with Crippen LogP contribution < -0.4 is 10.0 Å². The van der Waals surface area contributed by atoms with Gasteiger partial charge in [-0.3, -0.25) is 4.79 Å². The zero-order valence-corrected chi connectivity index (χ0v) is 9.23. The Hall–Kier alpha value is -1.58. The Bertz CT molecular complexity index is 333. The van der Waals surface area contributed by atoms with E-state index in [9.17, 15) is 10.0 Å². The van der Waals surface area contributed by atoms with Gasteiger partial charge in [-0.05, 0) is 12.8 Å². The molecule has 1 N–H and O–H groups in total. The first kappa shape index (κ1) is 11.5. The van der Waals surface area contributed by atoms with Gasteiger partial charge in [0.1, 0.15) is 0 Å². The van der Waals surface area contributed by atoms with Crippen molar-refractivity contribution >= 4 is 5.91 Å². The number of aromatic nitrogens is 1. The van der Waals surface area contributed by atoms with Gasteiger partial charge in [-0.2, -0.15) is 4.73 Å². The van der Waals surface area contributed by atoms with Gasteiger partial charge in [-0.1, -0.05) is 13.8 Å². The summed E-state index contributed by atoms with van der Waals surface area (Å²) in [6.07, 6.45) is 2.63. The monoisotopic (exact) mass is 208 g/mol. The lowest BCUT2D eigenvalue weighted by Crippen LogP contribution is -2.36. The maximum atomic E-state index is 11.6. The standard InChI is InChI=1S/C11H16N2O2/c1-8(2)9(3)12-11(14)10-4-6-13(15)7-5-10/h4-9H,1-3H3,(H,12,14). The molecule has 0 saturated heterocycles. The highest BCUT2D eigenvalue weighted by Crippen LogP contribution is 2.02. The Labute approximate surface area is 89.5 Å². The minimum atomic E-state index is -0.142. The van der Waals surface area contributed by atoms with Crippen molar-refractivity contribution in [2.45, 2.75) is 26.8 Å². The summed E-state index contributed by atoms with van der Waals surface area (Å²) in [5.74, 6) is 0.249. The van der Waals surface area contributed by atoms with Crippen LogP contribution in [-0.4, -0.2) is 11.9 Å². The molecule has 0 radical (unpaired) electrons. The summed E-state index contributed by atoms with van der Waals surface area (Å²) < 4.78 is 0.655. The largest absolute Gasteiger partial charge is 0.619 e. The van der Waals surface area contributed by atoms with E-state index in [0.29, 0.717) is 16.2 Å². The molecule has 15 heavy (non-hydrogen) atoms. The van der Waals surface area contributed by atoms with Crippen LogP contribution in [0.2, 0.25) is 0 Å². The van der Waals surface area contributed by atoms with E-state index in [1.165, 1.54) is 24.5 Å². The Balaban J connectivity index is 2.65. The average Bonchev–Trinajstić information content (AvgIpc) is 2.18. The number of nitrogens with zero attached hydrogens (tertiary/aromatic N) is 1. The summed E-state index contributed by atoms with van der Waals surface area (Å²) in [6.45, 7) is 6.04. The first-order valence-corrected chi connectivity index (χ1v) is 5.00. The van der Waals surface area contributed by atoms with Gasteiger partial charge in [0.05, 0.1) is 5.56 Å². The van der Waals surface area contributed by atoms with Gasteiger partial charge in [-0.25, -0.2) is 0 Å². The molecule has 4 nitrogen and oxygen atoms in total. The van der Waals surface area contributed by atoms with Crippen LogP contribution in [0.15, 0.2) is 24.5 Å². The molecule has 1 atom stereocenters. The van der Waals surface area contributed by atoms with E-state index in [4.69, 9.17) is 0 Å². The van der Waals surface area contributed by atoms with E-state index in [1.807, 2.05) is 20.8 Å². The highest BCUT2D eigenvalue weighted by molar-refractivity contribution is 5.94. The molecule has 1 unspecified atom stereocenters. The zero-order chi connectivity index (χ0) is 11.4. The lowest BCUT2D eigenvalue weighted by atomic mass is 10.1. The highest BCUT2D eigenvalue weighted by Gasteiger charge is 2.12. The van der Waals surface area contributed by atoms with E-state index >= 15 is 0 Å². The molecule has 1 heterocycles. The predicted molar refractivity (Wildman–Crippen MR) is 57.2 cm³/mol. The van der Waals surface area contributed by atoms with Crippen LogP contribution in [0, 0.1) is 11.1 Å². The quantitative estimate of drug-likeness (QED) is 0.597. The number of hydrogen-bond donors (Lipinski definition) is 1. The molecule has 1 rings (SSSR count). The van der Waals surface area contributed by atoms with Crippen LogP contribution in [0.4, 0.5) is 0 Å². The molecule has 0 fully saturated rings. The van der Waals surface area contributed by atoms with Gasteiger partial charge in [0, 0.05) is 18.2 Å². The number of carbonyl (C=O) groups is 1. The highest BCUT2D eigenvalue weighted by atomic mass is 16.5. The number of hydrogen-bond acceptors (Lipinski definition) is 2.